The van der Waals surface area contributed by atoms with E-state index in [0.717, 1.165) is 18.4 Å². The third-order valence-electron chi connectivity index (χ3n) is 6.67. The lowest BCUT2D eigenvalue weighted by atomic mass is 9.74. The Balaban J connectivity index is 1.50. The van der Waals surface area contributed by atoms with Gasteiger partial charge in [-0.25, -0.2) is 13.1 Å². The fourth-order valence-electron chi connectivity index (χ4n) is 5.33. The molecular formula is C21H30N2O5S. The van der Waals surface area contributed by atoms with E-state index >= 15 is 0 Å². The normalized spacial score (nSPS) is 30.6. The number of hydrogen-bond acceptors (Lipinski definition) is 5. The molecular weight excluding hydrogens is 392 g/mol. The molecule has 0 radical (unpaired) electrons. The van der Waals surface area contributed by atoms with Crippen molar-refractivity contribution in [3.8, 4) is 5.75 Å². The Morgan fingerprint density at radius 3 is 2.93 bits per heavy atom. The fraction of sp³-hybridized carbons (Fsp3) is 0.667. The number of carbonyl (C=O) groups is 1. The smallest absolute Gasteiger partial charge is 0.257 e. The van der Waals surface area contributed by atoms with Crippen LogP contribution in [0.4, 0.5) is 0 Å². The number of rotatable bonds is 7. The average Bonchev–Trinajstić information content (AvgIpc) is 3.34. The van der Waals surface area contributed by atoms with Gasteiger partial charge in [0.25, 0.3) is 5.91 Å². The standard InChI is InChI=1S/C21H30N2O5S/c1-4-9-29(25,26)22-11-16-17-12-23(13-21(17)8-7-18(16)28-21)20(24)15-6-5-14(2)10-19(15)27-3/h5-6,10,16-18,22H,4,7-9,11-13H2,1-3H3/t16-,17+,18+,21+/m0/s1. The summed E-state index contributed by atoms with van der Waals surface area (Å²) >= 11 is 0. The summed E-state index contributed by atoms with van der Waals surface area (Å²) in [7, 11) is -1.68. The molecule has 3 aliphatic heterocycles. The van der Waals surface area contributed by atoms with Crippen LogP contribution in [-0.2, 0) is 14.8 Å². The van der Waals surface area contributed by atoms with Crippen molar-refractivity contribution in [2.24, 2.45) is 11.8 Å². The van der Waals surface area contributed by atoms with Crippen LogP contribution in [0, 0.1) is 18.8 Å². The fourth-order valence-corrected chi connectivity index (χ4v) is 6.46. The van der Waals surface area contributed by atoms with Gasteiger partial charge in [0.2, 0.25) is 10.0 Å². The predicted octanol–water partition coefficient (Wildman–Crippen LogP) is 1.95. The minimum atomic E-state index is -3.26. The van der Waals surface area contributed by atoms with Crippen LogP contribution in [0.5, 0.6) is 5.75 Å². The second-order valence-corrected chi connectivity index (χ2v) is 10.5. The van der Waals surface area contributed by atoms with Gasteiger partial charge in [-0.2, -0.15) is 0 Å². The molecule has 160 valence electrons. The van der Waals surface area contributed by atoms with Crippen LogP contribution in [0.1, 0.15) is 42.1 Å². The second kappa shape index (κ2) is 7.56. The molecule has 8 heteroatoms. The van der Waals surface area contributed by atoms with Gasteiger partial charge in [-0.1, -0.05) is 13.0 Å². The predicted molar refractivity (Wildman–Crippen MR) is 110 cm³/mol. The molecule has 1 amide bonds. The van der Waals surface area contributed by atoms with Gasteiger partial charge >= 0.3 is 0 Å². The number of fused-ring (bicyclic) bond motifs is 1. The zero-order chi connectivity index (χ0) is 20.8. The molecule has 0 aromatic heterocycles. The summed E-state index contributed by atoms with van der Waals surface area (Å²) in [4.78, 5) is 15.1. The first-order valence-electron chi connectivity index (χ1n) is 10.4. The summed E-state index contributed by atoms with van der Waals surface area (Å²) in [5.74, 6) is 0.930. The highest BCUT2D eigenvalue weighted by atomic mass is 32.2. The van der Waals surface area contributed by atoms with Gasteiger partial charge in [0.05, 0.1) is 36.7 Å². The zero-order valence-electron chi connectivity index (χ0n) is 17.3. The topological polar surface area (TPSA) is 84.9 Å². The molecule has 1 spiro atoms. The molecule has 4 atom stereocenters. The van der Waals surface area contributed by atoms with Gasteiger partial charge in [-0.3, -0.25) is 4.79 Å². The number of sulfonamides is 1. The minimum Gasteiger partial charge on any atom is -0.496 e. The minimum absolute atomic E-state index is 0.0528. The molecule has 1 aromatic carbocycles. The molecule has 2 bridgehead atoms. The lowest BCUT2D eigenvalue weighted by Crippen LogP contribution is -2.42. The molecule has 3 fully saturated rings. The SMILES string of the molecule is CCCS(=O)(=O)NC[C@H]1[C@H]2CN(C(=O)c3ccc(C)cc3OC)C[C@]23CC[C@H]1O3. The summed E-state index contributed by atoms with van der Waals surface area (Å²) in [6, 6.07) is 5.60. The number of methoxy groups -OCH3 is 1. The Morgan fingerprint density at radius 2 is 2.21 bits per heavy atom. The van der Waals surface area contributed by atoms with Crippen molar-refractivity contribution in [1.82, 2.24) is 9.62 Å². The first kappa shape index (κ1) is 20.6. The summed E-state index contributed by atoms with van der Waals surface area (Å²) < 4.78 is 38.8. The number of ether oxygens (including phenoxy) is 2. The Labute approximate surface area is 172 Å². The Morgan fingerprint density at radius 1 is 1.41 bits per heavy atom. The van der Waals surface area contributed by atoms with Crippen LogP contribution in [0.3, 0.4) is 0 Å². The van der Waals surface area contributed by atoms with E-state index in [0.29, 0.717) is 37.4 Å². The van der Waals surface area contributed by atoms with Gasteiger partial charge in [0.15, 0.2) is 0 Å². The molecule has 0 unspecified atom stereocenters. The second-order valence-electron chi connectivity index (χ2n) is 8.59. The summed E-state index contributed by atoms with van der Waals surface area (Å²) in [6.07, 6.45) is 2.52. The Bertz CT molecular complexity index is 902. The number of nitrogens with one attached hydrogen (secondary N) is 1. The van der Waals surface area contributed by atoms with Crippen LogP contribution < -0.4 is 9.46 Å². The van der Waals surface area contributed by atoms with E-state index in [-0.39, 0.29) is 35.2 Å². The lowest BCUT2D eigenvalue weighted by molar-refractivity contribution is 0.00321. The first-order valence-corrected chi connectivity index (χ1v) is 12.0. The lowest BCUT2D eigenvalue weighted by Gasteiger charge is -2.29. The van der Waals surface area contributed by atoms with E-state index in [1.807, 2.05) is 36.9 Å². The highest BCUT2D eigenvalue weighted by Gasteiger charge is 2.63. The third-order valence-corrected chi connectivity index (χ3v) is 8.22. The largest absolute Gasteiger partial charge is 0.496 e. The molecule has 0 saturated carbocycles. The number of carbonyl (C=O) groups excluding carboxylic acids is 1. The van der Waals surface area contributed by atoms with E-state index in [4.69, 9.17) is 9.47 Å². The highest BCUT2D eigenvalue weighted by Crippen LogP contribution is 2.54. The Kier molecular flexibility index (Phi) is 5.38. The van der Waals surface area contributed by atoms with Crippen molar-refractivity contribution >= 4 is 15.9 Å². The van der Waals surface area contributed by atoms with E-state index in [9.17, 15) is 13.2 Å². The average molecular weight is 423 g/mol. The van der Waals surface area contributed by atoms with Crippen molar-refractivity contribution in [3.05, 3.63) is 29.3 Å². The van der Waals surface area contributed by atoms with Crippen molar-refractivity contribution in [1.29, 1.82) is 0 Å². The molecule has 7 nitrogen and oxygen atoms in total. The third kappa shape index (κ3) is 3.66. The molecule has 3 heterocycles. The molecule has 3 saturated heterocycles. The maximum atomic E-state index is 13.2. The summed E-state index contributed by atoms with van der Waals surface area (Å²) in [5.41, 5.74) is 1.26. The van der Waals surface area contributed by atoms with Gasteiger partial charge in [-0.05, 0) is 43.9 Å². The summed E-state index contributed by atoms with van der Waals surface area (Å²) in [6.45, 7) is 5.35. The number of benzene rings is 1. The number of amides is 1. The van der Waals surface area contributed by atoms with E-state index < -0.39 is 10.0 Å². The van der Waals surface area contributed by atoms with Gasteiger partial charge < -0.3 is 14.4 Å². The number of hydrogen-bond donors (Lipinski definition) is 1. The maximum Gasteiger partial charge on any atom is 0.257 e. The van der Waals surface area contributed by atoms with Crippen molar-refractivity contribution in [3.63, 3.8) is 0 Å². The van der Waals surface area contributed by atoms with Crippen LogP contribution in [0.2, 0.25) is 0 Å². The summed E-state index contributed by atoms with van der Waals surface area (Å²) in [5, 5.41) is 0. The number of nitrogens with zero attached hydrogens (tertiary/aromatic N) is 1. The van der Waals surface area contributed by atoms with Crippen molar-refractivity contribution in [2.75, 3.05) is 32.5 Å². The molecule has 0 aliphatic carbocycles. The van der Waals surface area contributed by atoms with E-state index in [1.54, 1.807) is 7.11 Å². The number of likely N-dealkylation sites (tertiary alicyclic amines) is 1. The Hall–Kier alpha value is -1.64. The van der Waals surface area contributed by atoms with Crippen LogP contribution >= 0.6 is 0 Å². The van der Waals surface area contributed by atoms with E-state index in [1.165, 1.54) is 0 Å². The van der Waals surface area contributed by atoms with Crippen molar-refractivity contribution < 1.29 is 22.7 Å². The zero-order valence-corrected chi connectivity index (χ0v) is 18.1. The van der Waals surface area contributed by atoms with Crippen LogP contribution in [-0.4, -0.2) is 63.4 Å². The maximum absolute atomic E-state index is 13.2. The van der Waals surface area contributed by atoms with Gasteiger partial charge in [0, 0.05) is 24.9 Å². The van der Waals surface area contributed by atoms with Gasteiger partial charge in [0.1, 0.15) is 5.75 Å². The van der Waals surface area contributed by atoms with Crippen LogP contribution in [0.25, 0.3) is 0 Å². The number of aryl methyl sites for hydroxylation is 1. The van der Waals surface area contributed by atoms with Crippen LogP contribution in [0.15, 0.2) is 18.2 Å². The first-order chi connectivity index (χ1) is 13.8. The van der Waals surface area contributed by atoms with Gasteiger partial charge in [-0.15, -0.1) is 0 Å². The molecule has 4 rings (SSSR count). The molecule has 1 N–H and O–H groups in total. The van der Waals surface area contributed by atoms with E-state index in [2.05, 4.69) is 4.72 Å². The quantitative estimate of drug-likeness (QED) is 0.726. The molecule has 3 aliphatic rings. The molecule has 29 heavy (non-hydrogen) atoms. The highest BCUT2D eigenvalue weighted by molar-refractivity contribution is 7.89. The van der Waals surface area contributed by atoms with Crippen molar-refractivity contribution in [2.45, 2.75) is 44.8 Å². The monoisotopic (exact) mass is 422 g/mol. The molecule has 1 aromatic rings.